The number of methoxy groups -OCH3 is 2. The van der Waals surface area contributed by atoms with Gasteiger partial charge in [0.15, 0.2) is 0 Å². The molecule has 1 unspecified atom stereocenters. The van der Waals surface area contributed by atoms with Crippen LogP contribution in [0.1, 0.15) is 30.0 Å². The number of nitrogens with one attached hydrogen (secondary N) is 1. The molecule has 1 aliphatic rings. The lowest BCUT2D eigenvalue weighted by Gasteiger charge is -2.26. The first-order valence-corrected chi connectivity index (χ1v) is 9.24. The maximum Gasteiger partial charge on any atom is 0.317 e. The van der Waals surface area contributed by atoms with Gasteiger partial charge in [-0.2, -0.15) is 0 Å². The molecule has 1 saturated heterocycles. The second kappa shape index (κ2) is 8.91. The Labute approximate surface area is 163 Å². The molecule has 1 fully saturated rings. The van der Waals surface area contributed by atoms with E-state index in [-0.39, 0.29) is 30.6 Å². The predicted molar refractivity (Wildman–Crippen MR) is 102 cm³/mol. The molecular weight excluding hydrogens is 366 g/mol. The summed E-state index contributed by atoms with van der Waals surface area (Å²) in [5, 5.41) is 2.78. The van der Waals surface area contributed by atoms with Crippen LogP contribution in [0.25, 0.3) is 0 Å². The quantitative estimate of drug-likeness (QED) is 0.809. The highest BCUT2D eigenvalue weighted by molar-refractivity contribution is 5.75. The van der Waals surface area contributed by atoms with Crippen molar-refractivity contribution in [1.29, 1.82) is 0 Å². The number of likely N-dealkylation sites (tertiary alicyclic amines) is 1. The first kappa shape index (κ1) is 19.9. The topological polar surface area (TPSA) is 50.8 Å². The highest BCUT2D eigenvalue weighted by Crippen LogP contribution is 2.38. The molecule has 2 aromatic rings. The average Bonchev–Trinajstić information content (AvgIpc) is 3.19. The highest BCUT2D eigenvalue weighted by Gasteiger charge is 2.32. The van der Waals surface area contributed by atoms with Crippen molar-refractivity contribution in [3.05, 3.63) is 59.2 Å². The van der Waals surface area contributed by atoms with Crippen molar-refractivity contribution >= 4 is 6.03 Å². The van der Waals surface area contributed by atoms with Gasteiger partial charge in [-0.25, -0.2) is 13.6 Å². The summed E-state index contributed by atoms with van der Waals surface area (Å²) in [5.41, 5.74) is 0.897. The van der Waals surface area contributed by atoms with E-state index < -0.39 is 11.6 Å². The number of rotatable bonds is 6. The minimum atomic E-state index is -0.601. The van der Waals surface area contributed by atoms with Crippen molar-refractivity contribution in [3.63, 3.8) is 0 Å². The highest BCUT2D eigenvalue weighted by atomic mass is 19.1. The Morgan fingerprint density at radius 2 is 1.93 bits per heavy atom. The van der Waals surface area contributed by atoms with Crippen LogP contribution in [0, 0.1) is 11.6 Å². The van der Waals surface area contributed by atoms with Gasteiger partial charge in [0.05, 0.1) is 20.3 Å². The second-order valence-electron chi connectivity index (χ2n) is 6.64. The first-order valence-electron chi connectivity index (χ1n) is 9.24. The SMILES string of the molecule is COc1ccc(C2CCCN2C(=O)NCCc2c(F)cccc2F)c(OC)c1. The van der Waals surface area contributed by atoms with E-state index in [0.29, 0.717) is 18.0 Å². The molecule has 1 N–H and O–H groups in total. The number of nitrogens with zero attached hydrogens (tertiary/aromatic N) is 1. The number of benzene rings is 2. The fraction of sp³-hybridized carbons (Fsp3) is 0.381. The lowest BCUT2D eigenvalue weighted by molar-refractivity contribution is 0.192. The zero-order chi connectivity index (χ0) is 20.1. The molecule has 5 nitrogen and oxygen atoms in total. The molecule has 2 amide bonds. The van der Waals surface area contributed by atoms with Crippen LogP contribution < -0.4 is 14.8 Å². The summed E-state index contributed by atoms with van der Waals surface area (Å²) in [6.45, 7) is 0.763. The Kier molecular flexibility index (Phi) is 6.34. The average molecular weight is 390 g/mol. The monoisotopic (exact) mass is 390 g/mol. The van der Waals surface area contributed by atoms with Gasteiger partial charge in [-0.05, 0) is 43.5 Å². The summed E-state index contributed by atoms with van der Waals surface area (Å²) >= 11 is 0. The zero-order valence-corrected chi connectivity index (χ0v) is 16.0. The van der Waals surface area contributed by atoms with E-state index in [9.17, 15) is 13.6 Å². The van der Waals surface area contributed by atoms with Crippen LogP contribution in [0.4, 0.5) is 13.6 Å². The van der Waals surface area contributed by atoms with Gasteiger partial charge in [0.25, 0.3) is 0 Å². The number of carbonyl (C=O) groups is 1. The molecule has 3 rings (SSSR count). The lowest BCUT2D eigenvalue weighted by atomic mass is 10.0. The fourth-order valence-electron chi connectivity index (χ4n) is 3.59. The predicted octanol–water partition coefficient (Wildman–Crippen LogP) is 4.07. The van der Waals surface area contributed by atoms with Gasteiger partial charge in [0.1, 0.15) is 23.1 Å². The summed E-state index contributed by atoms with van der Waals surface area (Å²) < 4.78 is 38.1. The second-order valence-corrected chi connectivity index (χ2v) is 6.64. The normalized spacial score (nSPS) is 16.1. The summed E-state index contributed by atoms with van der Waals surface area (Å²) in [6, 6.07) is 8.92. The Balaban J connectivity index is 1.67. The van der Waals surface area contributed by atoms with Gasteiger partial charge in [-0.15, -0.1) is 0 Å². The van der Waals surface area contributed by atoms with E-state index in [0.717, 1.165) is 18.4 Å². The van der Waals surface area contributed by atoms with Gasteiger partial charge in [-0.1, -0.05) is 6.07 Å². The molecule has 0 aliphatic carbocycles. The van der Waals surface area contributed by atoms with Crippen molar-refractivity contribution in [2.75, 3.05) is 27.3 Å². The van der Waals surface area contributed by atoms with Gasteiger partial charge >= 0.3 is 6.03 Å². The summed E-state index contributed by atoms with van der Waals surface area (Å²) in [4.78, 5) is 14.4. The minimum absolute atomic E-state index is 0.0161. The van der Waals surface area contributed by atoms with Crippen LogP contribution >= 0.6 is 0 Å². The van der Waals surface area contributed by atoms with E-state index >= 15 is 0 Å². The van der Waals surface area contributed by atoms with E-state index in [4.69, 9.17) is 9.47 Å². The maximum atomic E-state index is 13.7. The van der Waals surface area contributed by atoms with Crippen molar-refractivity contribution < 1.29 is 23.0 Å². The van der Waals surface area contributed by atoms with Crippen LogP contribution in [0.2, 0.25) is 0 Å². The third-order valence-corrected chi connectivity index (χ3v) is 5.03. The van der Waals surface area contributed by atoms with Crippen LogP contribution in [0.3, 0.4) is 0 Å². The third kappa shape index (κ3) is 4.18. The van der Waals surface area contributed by atoms with Gasteiger partial charge < -0.3 is 19.7 Å². The van der Waals surface area contributed by atoms with Gasteiger partial charge in [0.2, 0.25) is 0 Å². The number of amides is 2. The Morgan fingerprint density at radius 1 is 1.18 bits per heavy atom. The summed E-state index contributed by atoms with van der Waals surface area (Å²) in [6.07, 6.45) is 1.78. The van der Waals surface area contributed by atoms with E-state index in [2.05, 4.69) is 5.32 Å². The Morgan fingerprint density at radius 3 is 2.61 bits per heavy atom. The van der Waals surface area contributed by atoms with Crippen molar-refractivity contribution in [1.82, 2.24) is 10.2 Å². The molecular formula is C21H24F2N2O3. The molecule has 0 saturated carbocycles. The molecule has 150 valence electrons. The molecule has 0 bridgehead atoms. The van der Waals surface area contributed by atoms with E-state index in [1.54, 1.807) is 25.2 Å². The number of halogens is 2. The molecule has 0 spiro atoms. The van der Waals surface area contributed by atoms with Crippen LogP contribution in [-0.4, -0.2) is 38.2 Å². The van der Waals surface area contributed by atoms with Crippen LogP contribution in [0.5, 0.6) is 11.5 Å². The largest absolute Gasteiger partial charge is 0.497 e. The lowest BCUT2D eigenvalue weighted by Crippen LogP contribution is -2.40. The fourth-order valence-corrected chi connectivity index (χ4v) is 3.59. The van der Waals surface area contributed by atoms with Crippen molar-refractivity contribution in [2.24, 2.45) is 0 Å². The van der Waals surface area contributed by atoms with E-state index in [1.807, 2.05) is 12.1 Å². The Bertz CT molecular complexity index is 824. The number of urea groups is 1. The molecule has 1 atom stereocenters. The minimum Gasteiger partial charge on any atom is -0.497 e. The molecule has 1 heterocycles. The first-order chi connectivity index (χ1) is 13.5. The summed E-state index contributed by atoms with van der Waals surface area (Å²) in [5.74, 6) is 0.145. The zero-order valence-electron chi connectivity index (χ0n) is 16.0. The standard InChI is InChI=1S/C21H24F2N2O3/c1-27-14-8-9-16(20(13-14)28-2)19-7-4-12-25(19)21(26)24-11-10-15-17(22)5-3-6-18(15)23/h3,5-6,8-9,13,19H,4,7,10-12H2,1-2H3,(H,24,26). The number of hydrogen-bond acceptors (Lipinski definition) is 3. The molecule has 0 radical (unpaired) electrons. The molecule has 2 aromatic carbocycles. The molecule has 1 aliphatic heterocycles. The number of ether oxygens (including phenoxy) is 2. The van der Waals surface area contributed by atoms with Crippen LogP contribution in [-0.2, 0) is 6.42 Å². The molecule has 0 aromatic heterocycles. The number of carbonyl (C=O) groups excluding carboxylic acids is 1. The third-order valence-electron chi connectivity index (χ3n) is 5.03. The van der Waals surface area contributed by atoms with Crippen molar-refractivity contribution in [2.45, 2.75) is 25.3 Å². The number of hydrogen-bond donors (Lipinski definition) is 1. The molecule has 7 heteroatoms. The summed E-state index contributed by atoms with van der Waals surface area (Å²) in [7, 11) is 3.17. The smallest absolute Gasteiger partial charge is 0.317 e. The maximum absolute atomic E-state index is 13.7. The molecule has 28 heavy (non-hydrogen) atoms. The Hall–Kier alpha value is -2.83. The van der Waals surface area contributed by atoms with Gasteiger partial charge in [0, 0.05) is 30.3 Å². The van der Waals surface area contributed by atoms with Gasteiger partial charge in [-0.3, -0.25) is 0 Å². The van der Waals surface area contributed by atoms with E-state index in [1.165, 1.54) is 18.2 Å². The van der Waals surface area contributed by atoms with Crippen molar-refractivity contribution in [3.8, 4) is 11.5 Å². The van der Waals surface area contributed by atoms with Crippen LogP contribution in [0.15, 0.2) is 36.4 Å².